The Morgan fingerprint density at radius 1 is 1.14 bits per heavy atom. The molecule has 0 aliphatic heterocycles. The van der Waals surface area contributed by atoms with Crippen LogP contribution in [0, 0.1) is 12.7 Å². The number of carbonyl (C=O) groups is 1. The van der Waals surface area contributed by atoms with Crippen LogP contribution in [-0.2, 0) is 17.8 Å². The summed E-state index contributed by atoms with van der Waals surface area (Å²) < 4.78 is 18.4. The van der Waals surface area contributed by atoms with Gasteiger partial charge in [0.2, 0.25) is 11.8 Å². The van der Waals surface area contributed by atoms with Crippen LogP contribution in [0.5, 0.6) is 11.6 Å². The molecule has 8 nitrogen and oxygen atoms in total. The average molecular weight is 398 g/mol. The van der Waals surface area contributed by atoms with Crippen molar-refractivity contribution in [2.45, 2.75) is 26.3 Å². The van der Waals surface area contributed by atoms with Gasteiger partial charge in [0.05, 0.1) is 0 Å². The van der Waals surface area contributed by atoms with E-state index in [0.717, 1.165) is 5.56 Å². The smallest absolute Gasteiger partial charge is 0.325 e. The summed E-state index contributed by atoms with van der Waals surface area (Å²) >= 11 is 0. The van der Waals surface area contributed by atoms with E-state index in [1.54, 1.807) is 25.3 Å². The second-order valence-electron chi connectivity index (χ2n) is 6.35. The summed E-state index contributed by atoms with van der Waals surface area (Å²) in [4.78, 5) is 43.8. The first-order valence-corrected chi connectivity index (χ1v) is 8.88. The minimum atomic E-state index is -0.569. The monoisotopic (exact) mass is 398 g/mol. The van der Waals surface area contributed by atoms with E-state index in [9.17, 15) is 18.8 Å². The van der Waals surface area contributed by atoms with Crippen molar-refractivity contribution in [1.82, 2.24) is 20.3 Å². The third-order valence-electron chi connectivity index (χ3n) is 4.18. The minimum absolute atomic E-state index is 0.106. The number of rotatable bonds is 7. The molecule has 29 heavy (non-hydrogen) atoms. The first-order chi connectivity index (χ1) is 13.9. The number of nitrogens with one attached hydrogen (secondary N) is 3. The number of aromatic amines is 2. The standard InChI is InChI=1S/C20H19FN4O4/c1-12-16(19(27)25-20(28)24-12)7-8-17(26)22-10-13-2-9-18(23-11-13)29-15-5-3-14(21)4-6-15/h2-6,9,11H,7-8,10H2,1H3,(H,22,26)(H2,24,25,27,28). The third kappa shape index (κ3) is 5.61. The Balaban J connectivity index is 1.49. The Bertz CT molecular complexity index is 1110. The van der Waals surface area contributed by atoms with Crippen LogP contribution < -0.4 is 21.3 Å². The lowest BCUT2D eigenvalue weighted by molar-refractivity contribution is -0.121. The molecule has 3 aromatic rings. The molecular weight excluding hydrogens is 379 g/mol. The van der Waals surface area contributed by atoms with Gasteiger partial charge in [-0.3, -0.25) is 14.6 Å². The lowest BCUT2D eigenvalue weighted by atomic mass is 10.1. The van der Waals surface area contributed by atoms with Crippen LogP contribution in [0.15, 0.2) is 52.2 Å². The van der Waals surface area contributed by atoms with Crippen molar-refractivity contribution in [3.8, 4) is 11.6 Å². The zero-order valence-corrected chi connectivity index (χ0v) is 15.6. The topological polar surface area (TPSA) is 117 Å². The van der Waals surface area contributed by atoms with Crippen molar-refractivity contribution in [2.75, 3.05) is 0 Å². The minimum Gasteiger partial charge on any atom is -0.439 e. The Morgan fingerprint density at radius 2 is 1.90 bits per heavy atom. The van der Waals surface area contributed by atoms with Gasteiger partial charge in [-0.2, -0.15) is 0 Å². The summed E-state index contributed by atoms with van der Waals surface area (Å²) in [5.74, 6) is 0.227. The molecule has 0 saturated heterocycles. The highest BCUT2D eigenvalue weighted by Gasteiger charge is 2.09. The number of H-pyrrole nitrogens is 2. The molecule has 2 heterocycles. The fourth-order valence-corrected chi connectivity index (χ4v) is 2.65. The maximum absolute atomic E-state index is 12.9. The van der Waals surface area contributed by atoms with E-state index < -0.39 is 11.2 Å². The van der Waals surface area contributed by atoms with E-state index in [1.165, 1.54) is 24.3 Å². The largest absolute Gasteiger partial charge is 0.439 e. The quantitative estimate of drug-likeness (QED) is 0.562. The van der Waals surface area contributed by atoms with Crippen molar-refractivity contribution in [2.24, 2.45) is 0 Å². The highest BCUT2D eigenvalue weighted by molar-refractivity contribution is 5.76. The molecule has 0 aliphatic carbocycles. The van der Waals surface area contributed by atoms with Crippen LogP contribution in [0.25, 0.3) is 0 Å². The molecule has 150 valence electrons. The average Bonchev–Trinajstić information content (AvgIpc) is 2.68. The summed E-state index contributed by atoms with van der Waals surface area (Å²) in [6.45, 7) is 1.88. The first-order valence-electron chi connectivity index (χ1n) is 8.88. The van der Waals surface area contributed by atoms with Crippen molar-refractivity contribution in [1.29, 1.82) is 0 Å². The second-order valence-corrected chi connectivity index (χ2v) is 6.35. The third-order valence-corrected chi connectivity index (χ3v) is 4.18. The lowest BCUT2D eigenvalue weighted by Crippen LogP contribution is -2.29. The highest BCUT2D eigenvalue weighted by atomic mass is 19.1. The highest BCUT2D eigenvalue weighted by Crippen LogP contribution is 2.19. The molecule has 3 N–H and O–H groups in total. The van der Waals surface area contributed by atoms with Gasteiger partial charge in [-0.25, -0.2) is 14.2 Å². The number of amides is 1. The molecule has 0 spiro atoms. The van der Waals surface area contributed by atoms with Crippen molar-refractivity contribution >= 4 is 5.91 Å². The summed E-state index contributed by atoms with van der Waals surface area (Å²) in [5.41, 5.74) is 0.541. The van der Waals surface area contributed by atoms with Crippen LogP contribution in [0.4, 0.5) is 4.39 Å². The maximum atomic E-state index is 12.9. The summed E-state index contributed by atoms with van der Waals surface area (Å²) in [6.07, 6.45) is 1.89. The molecule has 3 rings (SSSR count). The van der Waals surface area contributed by atoms with Crippen LogP contribution in [0.2, 0.25) is 0 Å². The van der Waals surface area contributed by atoms with Gasteiger partial charge in [0.25, 0.3) is 5.56 Å². The van der Waals surface area contributed by atoms with E-state index >= 15 is 0 Å². The molecule has 0 unspecified atom stereocenters. The number of halogens is 1. The number of nitrogens with zero attached hydrogens (tertiary/aromatic N) is 1. The zero-order valence-electron chi connectivity index (χ0n) is 15.6. The van der Waals surface area contributed by atoms with Crippen LogP contribution in [-0.4, -0.2) is 20.9 Å². The molecule has 1 amide bonds. The summed E-state index contributed by atoms with van der Waals surface area (Å²) in [7, 11) is 0. The van der Waals surface area contributed by atoms with Gasteiger partial charge in [-0.1, -0.05) is 6.07 Å². The van der Waals surface area contributed by atoms with Gasteiger partial charge in [-0.05, 0) is 43.2 Å². The summed E-state index contributed by atoms with van der Waals surface area (Å²) in [6, 6.07) is 8.99. The summed E-state index contributed by atoms with van der Waals surface area (Å²) in [5, 5.41) is 2.75. The number of carbonyl (C=O) groups excluding carboxylic acids is 1. The number of aromatic nitrogens is 3. The molecule has 1 aromatic carbocycles. The number of hydrogen-bond donors (Lipinski definition) is 3. The van der Waals surface area contributed by atoms with Crippen molar-refractivity contribution in [3.05, 3.63) is 86.1 Å². The van der Waals surface area contributed by atoms with Gasteiger partial charge in [-0.15, -0.1) is 0 Å². The molecule has 9 heteroatoms. The number of benzene rings is 1. The Kier molecular flexibility index (Phi) is 6.18. The fraction of sp³-hybridized carbons (Fsp3) is 0.200. The van der Waals surface area contributed by atoms with Gasteiger partial charge < -0.3 is 15.0 Å². The van der Waals surface area contributed by atoms with E-state index in [-0.39, 0.29) is 31.1 Å². The fourth-order valence-electron chi connectivity index (χ4n) is 2.65. The predicted octanol–water partition coefficient (Wildman–Crippen LogP) is 1.95. The van der Waals surface area contributed by atoms with Crippen LogP contribution >= 0.6 is 0 Å². The first kappa shape index (κ1) is 20.0. The van der Waals surface area contributed by atoms with Crippen LogP contribution in [0.1, 0.15) is 23.2 Å². The predicted molar refractivity (Wildman–Crippen MR) is 103 cm³/mol. The van der Waals surface area contributed by atoms with Gasteiger partial charge in [0.15, 0.2) is 0 Å². The van der Waals surface area contributed by atoms with E-state index in [2.05, 4.69) is 20.3 Å². The van der Waals surface area contributed by atoms with E-state index in [0.29, 0.717) is 22.9 Å². The molecular formula is C20H19FN4O4. The Hall–Kier alpha value is -3.75. The normalized spacial score (nSPS) is 10.6. The number of hydrogen-bond acceptors (Lipinski definition) is 5. The van der Waals surface area contributed by atoms with Gasteiger partial charge in [0, 0.05) is 36.5 Å². The van der Waals surface area contributed by atoms with E-state index in [1.807, 2.05) is 0 Å². The van der Waals surface area contributed by atoms with E-state index in [4.69, 9.17) is 4.74 Å². The Morgan fingerprint density at radius 3 is 2.55 bits per heavy atom. The van der Waals surface area contributed by atoms with Gasteiger partial charge in [0.1, 0.15) is 11.6 Å². The van der Waals surface area contributed by atoms with Crippen molar-refractivity contribution in [3.63, 3.8) is 0 Å². The number of pyridine rings is 1. The molecule has 0 atom stereocenters. The van der Waals surface area contributed by atoms with Crippen LogP contribution in [0.3, 0.4) is 0 Å². The lowest BCUT2D eigenvalue weighted by Gasteiger charge is -2.08. The Labute approximate surface area is 164 Å². The molecule has 0 bridgehead atoms. The van der Waals surface area contributed by atoms with Gasteiger partial charge >= 0.3 is 5.69 Å². The molecule has 0 radical (unpaired) electrons. The zero-order chi connectivity index (χ0) is 20.8. The number of aryl methyl sites for hydroxylation is 1. The molecule has 0 aliphatic rings. The molecule has 0 fully saturated rings. The van der Waals surface area contributed by atoms with Crippen molar-refractivity contribution < 1.29 is 13.9 Å². The molecule has 0 saturated carbocycles. The second kappa shape index (κ2) is 8.96. The number of ether oxygens (including phenoxy) is 1. The maximum Gasteiger partial charge on any atom is 0.325 e. The molecule has 2 aromatic heterocycles. The SMILES string of the molecule is Cc1[nH]c(=O)[nH]c(=O)c1CCC(=O)NCc1ccc(Oc2ccc(F)cc2)nc1.